The molecule has 1 N–H and O–H groups in total. The molecule has 4 heteroatoms. The zero-order valence-electron chi connectivity index (χ0n) is 7.96. The van der Waals surface area contributed by atoms with Crippen LogP contribution in [0.4, 0.5) is 4.79 Å². The topological polar surface area (TPSA) is 49.4 Å². The number of carbonyl (C=O) groups is 2. The minimum absolute atomic E-state index is 0.306. The van der Waals surface area contributed by atoms with Gasteiger partial charge < -0.3 is 4.90 Å². The van der Waals surface area contributed by atoms with E-state index in [1.807, 2.05) is 0 Å². The average molecular weight is 182 g/mol. The molecule has 72 valence electrons. The summed E-state index contributed by atoms with van der Waals surface area (Å²) in [5.41, 5.74) is 0.306. The van der Waals surface area contributed by atoms with Crippen LogP contribution in [-0.4, -0.2) is 30.4 Å². The summed E-state index contributed by atoms with van der Waals surface area (Å²) < 4.78 is 0. The van der Waals surface area contributed by atoms with Crippen LogP contribution in [0.3, 0.4) is 0 Å². The van der Waals surface area contributed by atoms with Crippen molar-refractivity contribution in [1.29, 1.82) is 0 Å². The summed E-state index contributed by atoms with van der Waals surface area (Å²) in [6.07, 6.45) is 1.57. The fourth-order valence-corrected chi connectivity index (χ4v) is 0.576. The summed E-state index contributed by atoms with van der Waals surface area (Å²) >= 11 is 0. The first-order valence-corrected chi connectivity index (χ1v) is 3.82. The molecule has 0 bridgehead atoms. The second kappa shape index (κ2) is 5.13. The SMILES string of the molecule is C=CCN(C)C(=O)NC(=O)C(=C)C. The Labute approximate surface area is 77.9 Å². The van der Waals surface area contributed by atoms with Gasteiger partial charge in [0.2, 0.25) is 0 Å². The Morgan fingerprint density at radius 3 is 2.46 bits per heavy atom. The minimum atomic E-state index is -0.457. The van der Waals surface area contributed by atoms with Gasteiger partial charge in [-0.1, -0.05) is 12.7 Å². The summed E-state index contributed by atoms with van der Waals surface area (Å²) in [7, 11) is 1.57. The minimum Gasteiger partial charge on any atom is -0.324 e. The van der Waals surface area contributed by atoms with Gasteiger partial charge >= 0.3 is 6.03 Å². The van der Waals surface area contributed by atoms with Crippen LogP contribution in [0.2, 0.25) is 0 Å². The quantitative estimate of drug-likeness (QED) is 0.521. The molecule has 0 aromatic carbocycles. The van der Waals surface area contributed by atoms with Crippen molar-refractivity contribution >= 4 is 11.9 Å². The van der Waals surface area contributed by atoms with Crippen molar-refractivity contribution in [1.82, 2.24) is 10.2 Å². The lowest BCUT2D eigenvalue weighted by Gasteiger charge is -2.14. The molecule has 0 rings (SSSR count). The van der Waals surface area contributed by atoms with Crippen LogP contribution in [0.15, 0.2) is 24.8 Å². The van der Waals surface area contributed by atoms with Crippen molar-refractivity contribution in [2.45, 2.75) is 6.92 Å². The van der Waals surface area contributed by atoms with E-state index in [2.05, 4.69) is 18.5 Å². The van der Waals surface area contributed by atoms with Gasteiger partial charge in [-0.25, -0.2) is 4.79 Å². The maximum absolute atomic E-state index is 11.2. The highest BCUT2D eigenvalue weighted by Crippen LogP contribution is 1.89. The van der Waals surface area contributed by atoms with Gasteiger partial charge in [-0.05, 0) is 6.92 Å². The van der Waals surface area contributed by atoms with Crippen molar-refractivity contribution in [3.8, 4) is 0 Å². The molecule has 0 radical (unpaired) electrons. The van der Waals surface area contributed by atoms with Crippen LogP contribution in [0.25, 0.3) is 0 Å². The van der Waals surface area contributed by atoms with E-state index in [9.17, 15) is 9.59 Å². The van der Waals surface area contributed by atoms with E-state index < -0.39 is 11.9 Å². The third-order valence-electron chi connectivity index (χ3n) is 1.36. The summed E-state index contributed by atoms with van der Waals surface area (Å²) in [5, 5.41) is 2.16. The number of carbonyl (C=O) groups excluding carboxylic acids is 2. The van der Waals surface area contributed by atoms with Gasteiger partial charge in [0.1, 0.15) is 0 Å². The van der Waals surface area contributed by atoms with Crippen molar-refractivity contribution in [2.75, 3.05) is 13.6 Å². The predicted octanol–water partition coefficient (Wildman–Crippen LogP) is 0.917. The second-order valence-electron chi connectivity index (χ2n) is 2.71. The van der Waals surface area contributed by atoms with E-state index in [4.69, 9.17) is 0 Å². The van der Waals surface area contributed by atoms with E-state index in [1.54, 1.807) is 13.1 Å². The van der Waals surface area contributed by atoms with Crippen LogP contribution >= 0.6 is 0 Å². The van der Waals surface area contributed by atoms with Crippen molar-refractivity contribution in [3.05, 3.63) is 24.8 Å². The molecule has 0 atom stereocenters. The Morgan fingerprint density at radius 2 is 2.08 bits per heavy atom. The molecule has 13 heavy (non-hydrogen) atoms. The monoisotopic (exact) mass is 182 g/mol. The fraction of sp³-hybridized carbons (Fsp3) is 0.333. The number of urea groups is 1. The highest BCUT2D eigenvalue weighted by molar-refractivity contribution is 6.02. The van der Waals surface area contributed by atoms with Crippen LogP contribution < -0.4 is 5.32 Å². The highest BCUT2D eigenvalue weighted by atomic mass is 16.2. The first-order valence-electron chi connectivity index (χ1n) is 3.82. The van der Waals surface area contributed by atoms with Gasteiger partial charge in [0.15, 0.2) is 0 Å². The van der Waals surface area contributed by atoms with Crippen molar-refractivity contribution < 1.29 is 9.59 Å². The molecule has 0 aliphatic rings. The first-order chi connectivity index (χ1) is 5.99. The Morgan fingerprint density at radius 1 is 1.54 bits per heavy atom. The maximum Gasteiger partial charge on any atom is 0.324 e. The molecule has 0 saturated carbocycles. The van der Waals surface area contributed by atoms with E-state index >= 15 is 0 Å². The number of amides is 3. The standard InChI is InChI=1S/C9H14N2O2/c1-5-6-11(4)9(13)10-8(12)7(2)3/h5H,1-2,6H2,3-4H3,(H,10,12,13). The lowest BCUT2D eigenvalue weighted by molar-refractivity contribution is -0.116. The largest absolute Gasteiger partial charge is 0.324 e. The molecule has 0 aliphatic heterocycles. The van der Waals surface area contributed by atoms with Crippen LogP contribution in [0.1, 0.15) is 6.92 Å². The number of rotatable bonds is 3. The molecule has 0 aliphatic carbocycles. The van der Waals surface area contributed by atoms with Crippen LogP contribution in [0, 0.1) is 0 Å². The van der Waals surface area contributed by atoms with Crippen molar-refractivity contribution in [2.24, 2.45) is 0 Å². The number of imide groups is 1. The molecule has 0 aromatic heterocycles. The Kier molecular flexibility index (Phi) is 4.51. The third-order valence-corrected chi connectivity index (χ3v) is 1.36. The first kappa shape index (κ1) is 11.4. The van der Waals surface area contributed by atoms with Crippen LogP contribution in [-0.2, 0) is 4.79 Å². The Bertz CT molecular complexity index is 246. The molecule has 0 heterocycles. The molecule has 0 fully saturated rings. The van der Waals surface area contributed by atoms with Gasteiger partial charge in [0, 0.05) is 19.2 Å². The van der Waals surface area contributed by atoms with Gasteiger partial charge in [-0.3, -0.25) is 10.1 Å². The second-order valence-corrected chi connectivity index (χ2v) is 2.71. The fourth-order valence-electron chi connectivity index (χ4n) is 0.576. The summed E-state index contributed by atoms with van der Waals surface area (Å²) in [5.74, 6) is -0.457. The maximum atomic E-state index is 11.2. The molecular weight excluding hydrogens is 168 g/mol. The van der Waals surface area contributed by atoms with E-state index in [0.717, 1.165) is 0 Å². The Balaban J connectivity index is 4.07. The van der Waals surface area contributed by atoms with Gasteiger partial charge in [-0.2, -0.15) is 0 Å². The number of hydrogen-bond donors (Lipinski definition) is 1. The van der Waals surface area contributed by atoms with E-state index in [1.165, 1.54) is 11.8 Å². The lowest BCUT2D eigenvalue weighted by Crippen LogP contribution is -2.40. The van der Waals surface area contributed by atoms with Gasteiger partial charge in [0.25, 0.3) is 5.91 Å². The number of likely N-dealkylation sites (N-methyl/N-ethyl adjacent to an activating group) is 1. The number of nitrogens with zero attached hydrogens (tertiary/aromatic N) is 1. The summed E-state index contributed by atoms with van der Waals surface area (Å²) in [6, 6.07) is -0.451. The summed E-state index contributed by atoms with van der Waals surface area (Å²) in [6.45, 7) is 8.82. The van der Waals surface area contributed by atoms with Crippen LogP contribution in [0.5, 0.6) is 0 Å². The zero-order chi connectivity index (χ0) is 10.4. The normalized spacial score (nSPS) is 8.77. The predicted molar refractivity (Wildman–Crippen MR) is 51.2 cm³/mol. The molecule has 0 spiro atoms. The van der Waals surface area contributed by atoms with E-state index in [0.29, 0.717) is 12.1 Å². The highest BCUT2D eigenvalue weighted by Gasteiger charge is 2.10. The lowest BCUT2D eigenvalue weighted by atomic mass is 10.3. The Hall–Kier alpha value is -1.58. The molecule has 3 amide bonds. The average Bonchev–Trinajstić information content (AvgIpc) is 2.04. The molecule has 0 unspecified atom stereocenters. The molecular formula is C9H14N2O2. The van der Waals surface area contributed by atoms with E-state index in [-0.39, 0.29) is 0 Å². The molecule has 0 saturated heterocycles. The number of hydrogen-bond acceptors (Lipinski definition) is 2. The zero-order valence-corrected chi connectivity index (χ0v) is 7.96. The molecule has 0 aromatic rings. The smallest absolute Gasteiger partial charge is 0.324 e. The van der Waals surface area contributed by atoms with Gasteiger partial charge in [-0.15, -0.1) is 6.58 Å². The third kappa shape index (κ3) is 4.10. The number of nitrogens with one attached hydrogen (secondary N) is 1. The molecule has 4 nitrogen and oxygen atoms in total. The van der Waals surface area contributed by atoms with Gasteiger partial charge in [0.05, 0.1) is 0 Å². The van der Waals surface area contributed by atoms with Crippen molar-refractivity contribution in [3.63, 3.8) is 0 Å². The summed E-state index contributed by atoms with van der Waals surface area (Å²) in [4.78, 5) is 23.5.